The number of carbonyl (C=O) groups is 2. The van der Waals surface area contributed by atoms with E-state index in [2.05, 4.69) is 15.6 Å². The fourth-order valence-electron chi connectivity index (χ4n) is 2.58. The van der Waals surface area contributed by atoms with Gasteiger partial charge in [-0.1, -0.05) is 36.4 Å². The second-order valence-corrected chi connectivity index (χ2v) is 5.91. The lowest BCUT2D eigenvalue weighted by Crippen LogP contribution is -2.35. The third-order valence-electron chi connectivity index (χ3n) is 3.78. The summed E-state index contributed by atoms with van der Waals surface area (Å²) in [5.41, 5.74) is 2.10. The van der Waals surface area contributed by atoms with Crippen molar-refractivity contribution in [2.75, 3.05) is 5.32 Å². The van der Waals surface area contributed by atoms with Crippen molar-refractivity contribution in [3.63, 3.8) is 0 Å². The van der Waals surface area contributed by atoms with Gasteiger partial charge in [-0.2, -0.15) is 0 Å². The molecule has 0 fully saturated rings. The molecule has 1 aromatic heterocycles. The average Bonchev–Trinajstić information content (AvgIpc) is 2.62. The Bertz CT molecular complexity index is 894. The predicted molar refractivity (Wildman–Crippen MR) is 98.4 cm³/mol. The van der Waals surface area contributed by atoms with E-state index >= 15 is 0 Å². The minimum Gasteiger partial charge on any atom is -0.349 e. The normalized spacial score (nSPS) is 11.7. The zero-order valence-electron chi connectivity index (χ0n) is 13.9. The molecule has 1 unspecified atom stereocenters. The lowest BCUT2D eigenvalue weighted by atomic mass is 10.1. The van der Waals surface area contributed by atoms with Gasteiger partial charge in [0.1, 0.15) is 0 Å². The van der Waals surface area contributed by atoms with Gasteiger partial charge < -0.3 is 10.6 Å². The Morgan fingerprint density at radius 2 is 1.76 bits per heavy atom. The van der Waals surface area contributed by atoms with Gasteiger partial charge in [-0.05, 0) is 31.2 Å². The molecular formula is C20H19N3O2. The highest BCUT2D eigenvalue weighted by molar-refractivity contribution is 5.96. The quantitative estimate of drug-likeness (QED) is 0.752. The molecule has 25 heavy (non-hydrogen) atoms. The smallest absolute Gasteiger partial charge is 0.251 e. The van der Waals surface area contributed by atoms with Crippen molar-refractivity contribution in [1.29, 1.82) is 0 Å². The van der Waals surface area contributed by atoms with E-state index in [0.717, 1.165) is 10.9 Å². The van der Waals surface area contributed by atoms with E-state index in [1.54, 1.807) is 37.4 Å². The Hall–Kier alpha value is -3.21. The van der Waals surface area contributed by atoms with Crippen LogP contribution in [0.4, 0.5) is 5.69 Å². The van der Waals surface area contributed by atoms with Gasteiger partial charge >= 0.3 is 0 Å². The number of rotatable bonds is 5. The van der Waals surface area contributed by atoms with Gasteiger partial charge in [-0.25, -0.2) is 0 Å². The third kappa shape index (κ3) is 4.41. The molecule has 126 valence electrons. The molecule has 0 spiro atoms. The number of carbonyl (C=O) groups excluding carboxylic acids is 2. The SMILES string of the molecule is CC(CC(=O)Nc1cnc2ccccc2c1)NC(=O)c1ccccc1. The molecule has 0 saturated heterocycles. The number of nitrogens with one attached hydrogen (secondary N) is 2. The maximum absolute atomic E-state index is 12.2. The fourth-order valence-corrected chi connectivity index (χ4v) is 2.58. The topological polar surface area (TPSA) is 71.1 Å². The maximum atomic E-state index is 12.2. The summed E-state index contributed by atoms with van der Waals surface area (Å²) in [4.78, 5) is 28.6. The van der Waals surface area contributed by atoms with Crippen LogP contribution in [0.1, 0.15) is 23.7 Å². The molecule has 0 bridgehead atoms. The Kier molecular flexibility index (Phi) is 5.04. The lowest BCUT2D eigenvalue weighted by Gasteiger charge is -2.14. The van der Waals surface area contributed by atoms with Gasteiger partial charge in [-0.15, -0.1) is 0 Å². The van der Waals surface area contributed by atoms with Crippen LogP contribution in [0.15, 0.2) is 66.9 Å². The highest BCUT2D eigenvalue weighted by Gasteiger charge is 2.13. The highest BCUT2D eigenvalue weighted by atomic mass is 16.2. The lowest BCUT2D eigenvalue weighted by molar-refractivity contribution is -0.116. The molecule has 5 heteroatoms. The second kappa shape index (κ2) is 7.57. The van der Waals surface area contributed by atoms with Crippen molar-refractivity contribution < 1.29 is 9.59 Å². The Balaban J connectivity index is 1.56. The first-order valence-corrected chi connectivity index (χ1v) is 8.12. The molecule has 0 aliphatic heterocycles. The first-order chi connectivity index (χ1) is 12.1. The van der Waals surface area contributed by atoms with Crippen LogP contribution in [0.3, 0.4) is 0 Å². The minimum absolute atomic E-state index is 0.169. The van der Waals surface area contributed by atoms with Gasteiger partial charge in [-0.3, -0.25) is 14.6 Å². The number of hydrogen-bond acceptors (Lipinski definition) is 3. The van der Waals surface area contributed by atoms with Gasteiger partial charge in [0.2, 0.25) is 5.91 Å². The van der Waals surface area contributed by atoms with E-state index in [-0.39, 0.29) is 24.3 Å². The molecule has 2 N–H and O–H groups in total. The van der Waals surface area contributed by atoms with Gasteiger partial charge in [0.25, 0.3) is 5.91 Å². The van der Waals surface area contributed by atoms with Crippen LogP contribution in [-0.2, 0) is 4.79 Å². The van der Waals surface area contributed by atoms with Crippen LogP contribution in [0.5, 0.6) is 0 Å². The number of fused-ring (bicyclic) bond motifs is 1. The summed E-state index contributed by atoms with van der Waals surface area (Å²) in [6.45, 7) is 1.80. The molecule has 3 rings (SSSR count). The number of anilines is 1. The molecule has 3 aromatic rings. The molecule has 5 nitrogen and oxygen atoms in total. The van der Waals surface area contributed by atoms with Crippen LogP contribution < -0.4 is 10.6 Å². The van der Waals surface area contributed by atoms with Crippen molar-refractivity contribution in [3.8, 4) is 0 Å². The molecule has 0 radical (unpaired) electrons. The van der Waals surface area contributed by atoms with E-state index in [4.69, 9.17) is 0 Å². The molecule has 2 amide bonds. The Morgan fingerprint density at radius 3 is 2.56 bits per heavy atom. The summed E-state index contributed by atoms with van der Waals surface area (Å²) in [7, 11) is 0. The summed E-state index contributed by atoms with van der Waals surface area (Å²) in [6.07, 6.45) is 1.82. The van der Waals surface area contributed by atoms with Crippen molar-refractivity contribution in [2.24, 2.45) is 0 Å². The summed E-state index contributed by atoms with van der Waals surface area (Å²) in [5, 5.41) is 6.62. The number of hydrogen-bond donors (Lipinski definition) is 2. The van der Waals surface area contributed by atoms with E-state index in [9.17, 15) is 9.59 Å². The Morgan fingerprint density at radius 1 is 1.04 bits per heavy atom. The van der Waals surface area contributed by atoms with Crippen molar-refractivity contribution in [2.45, 2.75) is 19.4 Å². The predicted octanol–water partition coefficient (Wildman–Crippen LogP) is 3.38. The first-order valence-electron chi connectivity index (χ1n) is 8.12. The molecule has 0 aliphatic carbocycles. The van der Waals surface area contributed by atoms with E-state index in [1.807, 2.05) is 36.4 Å². The largest absolute Gasteiger partial charge is 0.349 e. The van der Waals surface area contributed by atoms with Crippen molar-refractivity contribution >= 4 is 28.4 Å². The van der Waals surface area contributed by atoms with E-state index < -0.39 is 0 Å². The standard InChI is InChI=1S/C20H19N3O2/c1-14(22-20(25)15-7-3-2-4-8-15)11-19(24)23-17-12-16-9-5-6-10-18(16)21-13-17/h2-10,12-14H,11H2,1H3,(H,22,25)(H,23,24). The highest BCUT2D eigenvalue weighted by Crippen LogP contribution is 2.16. The van der Waals surface area contributed by atoms with Crippen LogP contribution in [0.2, 0.25) is 0 Å². The number of amides is 2. The number of benzene rings is 2. The summed E-state index contributed by atoms with van der Waals surface area (Å²) >= 11 is 0. The van der Waals surface area contributed by atoms with Crippen molar-refractivity contribution in [3.05, 3.63) is 72.4 Å². The molecule has 2 aromatic carbocycles. The number of pyridine rings is 1. The summed E-state index contributed by atoms with van der Waals surface area (Å²) in [6, 6.07) is 18.3. The number of aromatic nitrogens is 1. The molecule has 1 heterocycles. The van der Waals surface area contributed by atoms with Gasteiger partial charge in [0.05, 0.1) is 17.4 Å². The van der Waals surface area contributed by atoms with Gasteiger partial charge in [0.15, 0.2) is 0 Å². The number of para-hydroxylation sites is 1. The summed E-state index contributed by atoms with van der Waals surface area (Å²) < 4.78 is 0. The first kappa shape index (κ1) is 16.6. The second-order valence-electron chi connectivity index (χ2n) is 5.91. The molecular weight excluding hydrogens is 314 g/mol. The summed E-state index contributed by atoms with van der Waals surface area (Å²) in [5.74, 6) is -0.355. The van der Waals surface area contributed by atoms with Gasteiger partial charge in [0, 0.05) is 23.4 Å². The third-order valence-corrected chi connectivity index (χ3v) is 3.78. The zero-order chi connectivity index (χ0) is 17.6. The van der Waals surface area contributed by atoms with Crippen LogP contribution in [0.25, 0.3) is 10.9 Å². The molecule has 0 aliphatic rings. The zero-order valence-corrected chi connectivity index (χ0v) is 13.9. The minimum atomic E-state index is -0.277. The van der Waals surface area contributed by atoms with E-state index in [1.165, 1.54) is 0 Å². The molecule has 1 atom stereocenters. The Labute approximate surface area is 146 Å². The fraction of sp³-hybridized carbons (Fsp3) is 0.150. The maximum Gasteiger partial charge on any atom is 0.251 e. The average molecular weight is 333 g/mol. The van der Waals surface area contributed by atoms with Crippen molar-refractivity contribution in [1.82, 2.24) is 10.3 Å². The van der Waals surface area contributed by atoms with Crippen LogP contribution in [-0.4, -0.2) is 22.8 Å². The number of nitrogens with zero attached hydrogens (tertiary/aromatic N) is 1. The van der Waals surface area contributed by atoms with E-state index in [0.29, 0.717) is 11.3 Å². The van der Waals surface area contributed by atoms with Crippen LogP contribution in [0, 0.1) is 0 Å². The molecule has 0 saturated carbocycles. The van der Waals surface area contributed by atoms with Crippen LogP contribution >= 0.6 is 0 Å². The monoisotopic (exact) mass is 333 g/mol.